The SMILES string of the molecule is CC(=O)Nc1ccc(C)cc1C/C([O-])=C/S(=O)(=O)c1ccccc1. The maximum absolute atomic E-state index is 12.2. The van der Waals surface area contributed by atoms with Crippen molar-refractivity contribution in [3.05, 3.63) is 70.8 Å². The van der Waals surface area contributed by atoms with Gasteiger partial charge in [-0.1, -0.05) is 35.9 Å². The zero-order valence-electron chi connectivity index (χ0n) is 13.4. The molecule has 0 spiro atoms. The number of carbonyl (C=O) groups is 1. The van der Waals surface area contributed by atoms with E-state index in [1.165, 1.54) is 19.1 Å². The minimum absolute atomic E-state index is 0.0738. The first-order chi connectivity index (χ1) is 11.3. The van der Waals surface area contributed by atoms with Crippen molar-refractivity contribution in [2.75, 3.05) is 5.32 Å². The van der Waals surface area contributed by atoms with Crippen molar-refractivity contribution >= 4 is 21.4 Å². The quantitative estimate of drug-likeness (QED) is 0.842. The number of amides is 1. The molecule has 0 unspecified atom stereocenters. The van der Waals surface area contributed by atoms with Crippen LogP contribution in [0, 0.1) is 6.92 Å². The Morgan fingerprint density at radius 1 is 1.17 bits per heavy atom. The van der Waals surface area contributed by atoms with Gasteiger partial charge < -0.3 is 10.4 Å². The maximum atomic E-state index is 12.2. The third-order valence-corrected chi connectivity index (χ3v) is 4.80. The van der Waals surface area contributed by atoms with Crippen molar-refractivity contribution in [3.63, 3.8) is 0 Å². The number of sulfone groups is 1. The highest BCUT2D eigenvalue weighted by atomic mass is 32.2. The molecule has 6 heteroatoms. The summed E-state index contributed by atoms with van der Waals surface area (Å²) in [6.07, 6.45) is -0.108. The first-order valence-corrected chi connectivity index (χ1v) is 8.87. The lowest BCUT2D eigenvalue weighted by Crippen LogP contribution is -2.13. The molecule has 0 bridgehead atoms. The number of nitrogens with one attached hydrogen (secondary N) is 1. The van der Waals surface area contributed by atoms with E-state index in [0.717, 1.165) is 11.0 Å². The van der Waals surface area contributed by atoms with E-state index >= 15 is 0 Å². The van der Waals surface area contributed by atoms with Crippen LogP contribution in [-0.4, -0.2) is 14.3 Å². The number of anilines is 1. The predicted octanol–water partition coefficient (Wildman–Crippen LogP) is 2.17. The zero-order chi connectivity index (χ0) is 17.7. The summed E-state index contributed by atoms with van der Waals surface area (Å²) in [5.41, 5.74) is 2.00. The van der Waals surface area contributed by atoms with E-state index in [4.69, 9.17) is 0 Å². The van der Waals surface area contributed by atoms with Gasteiger partial charge in [0.05, 0.1) is 4.90 Å². The summed E-state index contributed by atoms with van der Waals surface area (Å²) in [5.74, 6) is -0.801. The number of allylic oxidation sites excluding steroid dienone is 1. The van der Waals surface area contributed by atoms with Crippen molar-refractivity contribution in [2.45, 2.75) is 25.2 Å². The summed E-state index contributed by atoms with van der Waals surface area (Å²) >= 11 is 0. The van der Waals surface area contributed by atoms with E-state index < -0.39 is 15.6 Å². The highest BCUT2D eigenvalue weighted by Crippen LogP contribution is 2.21. The van der Waals surface area contributed by atoms with E-state index in [-0.39, 0.29) is 17.2 Å². The third-order valence-electron chi connectivity index (χ3n) is 3.29. The molecule has 5 nitrogen and oxygen atoms in total. The zero-order valence-corrected chi connectivity index (χ0v) is 14.3. The number of benzene rings is 2. The Balaban J connectivity index is 2.31. The van der Waals surface area contributed by atoms with Crippen molar-refractivity contribution in [2.24, 2.45) is 0 Å². The molecule has 0 radical (unpaired) electrons. The molecule has 24 heavy (non-hydrogen) atoms. The van der Waals surface area contributed by atoms with Gasteiger partial charge in [-0.25, -0.2) is 8.42 Å². The largest absolute Gasteiger partial charge is 0.875 e. The lowest BCUT2D eigenvalue weighted by molar-refractivity contribution is -0.304. The fraction of sp³-hybridized carbons (Fsp3) is 0.167. The van der Waals surface area contributed by atoms with Gasteiger partial charge in [0, 0.05) is 18.0 Å². The molecule has 126 valence electrons. The molecule has 2 aromatic carbocycles. The van der Waals surface area contributed by atoms with Crippen LogP contribution in [0.3, 0.4) is 0 Å². The van der Waals surface area contributed by atoms with Crippen molar-refractivity contribution in [1.82, 2.24) is 0 Å². The standard InChI is InChI=1S/C18H19NO4S/c1-13-8-9-18(19-14(2)20)15(10-13)11-16(21)12-24(22,23)17-6-4-3-5-7-17/h3-10,12,21H,11H2,1-2H3,(H,19,20)/p-1/b16-12-. The van der Waals surface area contributed by atoms with Crippen LogP contribution < -0.4 is 10.4 Å². The predicted molar refractivity (Wildman–Crippen MR) is 90.9 cm³/mol. The Labute approximate surface area is 141 Å². The summed E-state index contributed by atoms with van der Waals surface area (Å²) in [7, 11) is -3.79. The van der Waals surface area contributed by atoms with Gasteiger partial charge in [-0.3, -0.25) is 4.79 Å². The maximum Gasteiger partial charge on any atom is 0.221 e. The fourth-order valence-electron chi connectivity index (χ4n) is 2.26. The molecule has 0 aliphatic rings. The number of carbonyl (C=O) groups excluding carboxylic acids is 1. The van der Waals surface area contributed by atoms with Crippen LogP contribution in [0.25, 0.3) is 0 Å². The Morgan fingerprint density at radius 2 is 1.83 bits per heavy atom. The Bertz CT molecular complexity index is 871. The van der Waals surface area contributed by atoms with Gasteiger partial charge in [0.1, 0.15) is 0 Å². The van der Waals surface area contributed by atoms with Gasteiger partial charge in [0.2, 0.25) is 5.91 Å². The van der Waals surface area contributed by atoms with Crippen LogP contribution in [0.5, 0.6) is 0 Å². The summed E-state index contributed by atoms with van der Waals surface area (Å²) in [6, 6.07) is 13.0. The van der Waals surface area contributed by atoms with Crippen LogP contribution in [0.2, 0.25) is 0 Å². The number of rotatable bonds is 5. The van der Waals surface area contributed by atoms with Crippen LogP contribution >= 0.6 is 0 Å². The minimum atomic E-state index is -3.79. The van der Waals surface area contributed by atoms with E-state index in [1.54, 1.807) is 30.3 Å². The Morgan fingerprint density at radius 3 is 2.46 bits per heavy atom. The van der Waals surface area contributed by atoms with E-state index in [0.29, 0.717) is 11.3 Å². The molecule has 2 aromatic rings. The van der Waals surface area contributed by atoms with Gasteiger partial charge in [0.15, 0.2) is 9.84 Å². The number of aryl methyl sites for hydroxylation is 1. The molecule has 0 aliphatic heterocycles. The second kappa shape index (κ2) is 7.31. The number of hydrogen-bond acceptors (Lipinski definition) is 4. The molecule has 0 aromatic heterocycles. The molecule has 0 saturated carbocycles. The molecular weight excluding hydrogens is 326 g/mol. The normalized spacial score (nSPS) is 12.0. The highest BCUT2D eigenvalue weighted by molar-refractivity contribution is 7.94. The smallest absolute Gasteiger partial charge is 0.221 e. The van der Waals surface area contributed by atoms with Crippen LogP contribution in [0.4, 0.5) is 5.69 Å². The molecule has 0 heterocycles. The molecule has 0 aliphatic carbocycles. The van der Waals surface area contributed by atoms with Crippen LogP contribution in [0.1, 0.15) is 18.1 Å². The molecule has 0 saturated heterocycles. The van der Waals surface area contributed by atoms with Crippen LogP contribution in [-0.2, 0) is 21.1 Å². The second-order valence-electron chi connectivity index (χ2n) is 5.46. The number of hydrogen-bond donors (Lipinski definition) is 1. The molecule has 1 N–H and O–H groups in total. The Hall–Kier alpha value is -2.60. The average Bonchev–Trinajstić information content (AvgIpc) is 2.50. The molecular formula is C18H18NO4S-. The summed E-state index contributed by atoms with van der Waals surface area (Å²) in [4.78, 5) is 11.3. The van der Waals surface area contributed by atoms with Gasteiger partial charge >= 0.3 is 0 Å². The van der Waals surface area contributed by atoms with Crippen molar-refractivity contribution in [3.8, 4) is 0 Å². The molecule has 2 rings (SSSR count). The van der Waals surface area contributed by atoms with E-state index in [1.807, 2.05) is 13.0 Å². The monoisotopic (exact) mass is 344 g/mol. The summed E-state index contributed by atoms with van der Waals surface area (Å²) in [5, 5.41) is 15.6. The van der Waals surface area contributed by atoms with Gasteiger partial charge in [-0.2, -0.15) is 0 Å². The second-order valence-corrected chi connectivity index (χ2v) is 7.26. The third kappa shape index (κ3) is 4.70. The summed E-state index contributed by atoms with van der Waals surface area (Å²) in [6.45, 7) is 3.23. The van der Waals surface area contributed by atoms with Crippen LogP contribution in [0.15, 0.2) is 64.6 Å². The van der Waals surface area contributed by atoms with E-state index in [2.05, 4.69) is 5.32 Å². The van der Waals surface area contributed by atoms with Gasteiger partial charge in [-0.15, -0.1) is 5.76 Å². The molecule has 0 fully saturated rings. The van der Waals surface area contributed by atoms with Gasteiger partial charge in [0.25, 0.3) is 0 Å². The fourth-order valence-corrected chi connectivity index (χ4v) is 3.36. The molecule has 1 amide bonds. The van der Waals surface area contributed by atoms with Crippen molar-refractivity contribution in [1.29, 1.82) is 0 Å². The first kappa shape index (κ1) is 17.7. The highest BCUT2D eigenvalue weighted by Gasteiger charge is 2.10. The van der Waals surface area contributed by atoms with E-state index in [9.17, 15) is 18.3 Å². The van der Waals surface area contributed by atoms with Gasteiger partial charge in [-0.05, 0) is 37.1 Å². The summed E-state index contributed by atoms with van der Waals surface area (Å²) < 4.78 is 24.4. The average molecular weight is 344 g/mol. The minimum Gasteiger partial charge on any atom is -0.875 e. The Kier molecular flexibility index (Phi) is 5.41. The van der Waals surface area contributed by atoms with Crippen molar-refractivity contribution < 1.29 is 18.3 Å². The first-order valence-electron chi connectivity index (χ1n) is 7.33. The topological polar surface area (TPSA) is 86.3 Å². The molecule has 0 atom stereocenters. The lowest BCUT2D eigenvalue weighted by Gasteiger charge is -2.16. The lowest BCUT2D eigenvalue weighted by atomic mass is 10.1.